The van der Waals surface area contributed by atoms with Crippen molar-refractivity contribution in [2.45, 2.75) is 69.1 Å². The van der Waals surface area contributed by atoms with Crippen molar-refractivity contribution in [2.24, 2.45) is 5.92 Å². The maximum Gasteiger partial charge on any atom is 0.322 e. The first kappa shape index (κ1) is 26.6. The lowest BCUT2D eigenvalue weighted by Gasteiger charge is -2.31. The molecule has 0 unspecified atom stereocenters. The van der Waals surface area contributed by atoms with Crippen LogP contribution in [-0.2, 0) is 25.8 Å². The number of aryl methyl sites for hydroxylation is 2. The molecule has 1 aliphatic rings. The molecule has 1 heterocycles. The predicted molar refractivity (Wildman–Crippen MR) is 152 cm³/mol. The molecule has 36 heavy (non-hydrogen) atoms. The fourth-order valence-corrected chi connectivity index (χ4v) is 6.01. The number of fused-ring (bicyclic) bond motifs is 1. The van der Waals surface area contributed by atoms with Gasteiger partial charge in [0, 0.05) is 12.6 Å². The Kier molecular flexibility index (Phi) is 8.96. The normalized spacial score (nSPS) is 13.2. The fourth-order valence-electron chi connectivity index (χ4n) is 4.72. The highest BCUT2D eigenvalue weighted by Crippen LogP contribution is 2.38. The van der Waals surface area contributed by atoms with E-state index >= 15 is 0 Å². The number of hydrogen-bond acceptors (Lipinski definition) is 5. The van der Waals surface area contributed by atoms with Crippen molar-refractivity contribution in [1.82, 2.24) is 15.3 Å². The molecule has 190 valence electrons. The molecule has 2 amide bonds. The van der Waals surface area contributed by atoms with E-state index in [0.717, 1.165) is 46.4 Å². The van der Waals surface area contributed by atoms with E-state index in [1.54, 1.807) is 23.5 Å². The smallest absolute Gasteiger partial charge is 0.322 e. The maximum absolute atomic E-state index is 13.9. The number of thioether (sulfide) groups is 2. The summed E-state index contributed by atoms with van der Waals surface area (Å²) in [5, 5.41) is 4.88. The zero-order valence-electron chi connectivity index (χ0n) is 21.9. The first-order chi connectivity index (χ1) is 17.4. The SMILES string of the molecule is CSc1nc(C)nc(SC)c1N(C(=O)NCc1ccc(CCC(C)C)cc1)C1Cc2ccccc2C1. The monoisotopic (exact) mass is 520 g/mol. The second kappa shape index (κ2) is 12.2. The summed E-state index contributed by atoms with van der Waals surface area (Å²) in [4.78, 5) is 25.2. The third kappa shape index (κ3) is 6.24. The Morgan fingerprint density at radius 3 is 2.06 bits per heavy atom. The third-order valence-electron chi connectivity index (χ3n) is 6.65. The van der Waals surface area contributed by atoms with Crippen LogP contribution in [0.15, 0.2) is 58.6 Å². The summed E-state index contributed by atoms with van der Waals surface area (Å²) in [6, 6.07) is 17.0. The Balaban J connectivity index is 1.59. The highest BCUT2D eigenvalue weighted by molar-refractivity contribution is 7.99. The molecule has 3 aromatic rings. The van der Waals surface area contributed by atoms with Crippen LogP contribution in [0.25, 0.3) is 0 Å². The van der Waals surface area contributed by atoms with Crippen LogP contribution >= 0.6 is 23.5 Å². The lowest BCUT2D eigenvalue weighted by Crippen LogP contribution is -2.47. The number of aromatic nitrogens is 2. The van der Waals surface area contributed by atoms with Gasteiger partial charge in [0.1, 0.15) is 21.6 Å². The summed E-state index contributed by atoms with van der Waals surface area (Å²) in [5.74, 6) is 1.42. The molecule has 4 rings (SSSR count). The minimum atomic E-state index is -0.102. The minimum absolute atomic E-state index is 0.0175. The molecule has 0 saturated carbocycles. The Bertz CT molecular complexity index is 1150. The van der Waals surface area contributed by atoms with Crippen molar-refractivity contribution in [3.63, 3.8) is 0 Å². The average Bonchev–Trinajstić information content (AvgIpc) is 3.31. The van der Waals surface area contributed by atoms with Gasteiger partial charge in [0.2, 0.25) is 0 Å². The molecule has 0 spiro atoms. The van der Waals surface area contributed by atoms with Crippen molar-refractivity contribution in [2.75, 3.05) is 17.4 Å². The molecule has 0 atom stereocenters. The van der Waals surface area contributed by atoms with Gasteiger partial charge in [0.25, 0.3) is 0 Å². The Morgan fingerprint density at radius 1 is 0.972 bits per heavy atom. The quantitative estimate of drug-likeness (QED) is 0.251. The number of rotatable bonds is 9. The van der Waals surface area contributed by atoms with Gasteiger partial charge >= 0.3 is 6.03 Å². The molecule has 0 fully saturated rings. The first-order valence-corrected chi connectivity index (χ1v) is 15.0. The molecule has 5 nitrogen and oxygen atoms in total. The van der Waals surface area contributed by atoms with E-state index in [9.17, 15) is 4.79 Å². The third-order valence-corrected chi connectivity index (χ3v) is 7.99. The molecule has 0 aliphatic heterocycles. The van der Waals surface area contributed by atoms with E-state index < -0.39 is 0 Å². The number of benzene rings is 2. The van der Waals surface area contributed by atoms with E-state index in [1.807, 2.05) is 24.3 Å². The van der Waals surface area contributed by atoms with E-state index in [1.165, 1.54) is 23.1 Å². The van der Waals surface area contributed by atoms with Crippen molar-refractivity contribution in [1.29, 1.82) is 0 Å². The highest BCUT2D eigenvalue weighted by Gasteiger charge is 2.34. The molecular formula is C29H36N4OS2. The summed E-state index contributed by atoms with van der Waals surface area (Å²) in [6.45, 7) is 6.89. The number of urea groups is 1. The van der Waals surface area contributed by atoms with Gasteiger partial charge in [-0.3, -0.25) is 4.90 Å². The van der Waals surface area contributed by atoms with Crippen LogP contribution in [0.5, 0.6) is 0 Å². The van der Waals surface area contributed by atoms with Crippen molar-refractivity contribution >= 4 is 35.2 Å². The molecular weight excluding hydrogens is 484 g/mol. The lowest BCUT2D eigenvalue weighted by molar-refractivity contribution is 0.243. The molecule has 1 aromatic heterocycles. The van der Waals surface area contributed by atoms with Crippen LogP contribution in [-0.4, -0.2) is 34.6 Å². The Morgan fingerprint density at radius 2 is 1.53 bits per heavy atom. The van der Waals surface area contributed by atoms with E-state index in [4.69, 9.17) is 9.97 Å². The van der Waals surface area contributed by atoms with Crippen LogP contribution in [0.1, 0.15) is 48.3 Å². The van der Waals surface area contributed by atoms with Crippen molar-refractivity contribution in [3.05, 3.63) is 76.6 Å². The largest absolute Gasteiger partial charge is 0.334 e. The van der Waals surface area contributed by atoms with Crippen LogP contribution in [0.2, 0.25) is 0 Å². The van der Waals surface area contributed by atoms with Gasteiger partial charge in [0.15, 0.2) is 0 Å². The Labute approximate surface area is 223 Å². The van der Waals surface area contributed by atoms with Gasteiger partial charge in [-0.05, 0) is 73.3 Å². The summed E-state index contributed by atoms with van der Waals surface area (Å²) in [7, 11) is 0. The van der Waals surface area contributed by atoms with Gasteiger partial charge < -0.3 is 5.32 Å². The van der Waals surface area contributed by atoms with Crippen LogP contribution in [0, 0.1) is 12.8 Å². The fraction of sp³-hybridized carbons (Fsp3) is 0.414. The number of anilines is 1. The number of amides is 2. The molecule has 7 heteroatoms. The van der Waals surface area contributed by atoms with Gasteiger partial charge in [0.05, 0.1) is 0 Å². The Hall–Kier alpha value is -2.51. The van der Waals surface area contributed by atoms with E-state index in [0.29, 0.717) is 12.5 Å². The first-order valence-electron chi connectivity index (χ1n) is 12.6. The second-order valence-electron chi connectivity index (χ2n) is 9.75. The summed E-state index contributed by atoms with van der Waals surface area (Å²) >= 11 is 3.13. The molecule has 0 bridgehead atoms. The molecule has 0 saturated heterocycles. The zero-order valence-corrected chi connectivity index (χ0v) is 23.5. The molecule has 2 aromatic carbocycles. The van der Waals surface area contributed by atoms with Gasteiger partial charge in [-0.25, -0.2) is 14.8 Å². The van der Waals surface area contributed by atoms with E-state index in [2.05, 4.69) is 67.7 Å². The highest BCUT2D eigenvalue weighted by atomic mass is 32.2. The van der Waals surface area contributed by atoms with Gasteiger partial charge in [-0.2, -0.15) is 0 Å². The average molecular weight is 521 g/mol. The van der Waals surface area contributed by atoms with Gasteiger partial charge in [-0.15, -0.1) is 23.5 Å². The number of nitrogens with one attached hydrogen (secondary N) is 1. The van der Waals surface area contributed by atoms with E-state index in [-0.39, 0.29) is 12.1 Å². The lowest BCUT2D eigenvalue weighted by atomic mass is 10.0. The van der Waals surface area contributed by atoms with Crippen LogP contribution < -0.4 is 10.2 Å². The molecule has 0 radical (unpaired) electrons. The minimum Gasteiger partial charge on any atom is -0.334 e. The number of carbonyl (C=O) groups is 1. The van der Waals surface area contributed by atoms with Crippen molar-refractivity contribution < 1.29 is 4.79 Å². The number of carbonyl (C=O) groups excluding carboxylic acids is 1. The zero-order chi connectivity index (χ0) is 25.7. The summed E-state index contributed by atoms with van der Waals surface area (Å²) < 4.78 is 0. The second-order valence-corrected chi connectivity index (χ2v) is 11.3. The number of hydrogen-bond donors (Lipinski definition) is 1. The molecule has 1 N–H and O–H groups in total. The summed E-state index contributed by atoms with van der Waals surface area (Å²) in [6.07, 6.45) is 7.93. The predicted octanol–water partition coefficient (Wildman–Crippen LogP) is 6.70. The van der Waals surface area contributed by atoms with Gasteiger partial charge in [-0.1, -0.05) is 62.4 Å². The van der Waals surface area contributed by atoms with Crippen molar-refractivity contribution in [3.8, 4) is 0 Å². The molecule has 1 aliphatic carbocycles. The van der Waals surface area contributed by atoms with Crippen LogP contribution in [0.3, 0.4) is 0 Å². The summed E-state index contributed by atoms with van der Waals surface area (Å²) in [5.41, 5.74) is 5.88. The number of nitrogens with zero attached hydrogens (tertiary/aromatic N) is 3. The maximum atomic E-state index is 13.9. The standard InChI is InChI=1S/C29H36N4OS2/c1-19(2)10-11-21-12-14-22(15-13-21)18-30-29(34)33(25-16-23-8-6-7-9-24(23)17-25)26-27(35-4)31-20(3)32-28(26)36-5/h6-9,12-15,19,25H,10-11,16-18H2,1-5H3,(H,30,34). The van der Waals surface area contributed by atoms with Crippen LogP contribution in [0.4, 0.5) is 10.5 Å². The topological polar surface area (TPSA) is 58.1 Å².